The summed E-state index contributed by atoms with van der Waals surface area (Å²) in [5.74, 6) is -0.132. The van der Waals surface area contributed by atoms with Crippen molar-refractivity contribution in [3.63, 3.8) is 0 Å². The summed E-state index contributed by atoms with van der Waals surface area (Å²) in [6, 6.07) is 0.457. The number of rotatable bonds is 6. The summed E-state index contributed by atoms with van der Waals surface area (Å²) in [5.41, 5.74) is -1.22. The number of ether oxygens (including phenoxy) is 1. The largest absolute Gasteiger partial charge is 0.383 e. The molecule has 1 saturated carbocycles. The third-order valence-electron chi connectivity index (χ3n) is 4.81. The number of hydrogen-bond acceptors (Lipinski definition) is 4. The van der Waals surface area contributed by atoms with Gasteiger partial charge in [0, 0.05) is 32.8 Å². The molecule has 1 aliphatic heterocycles. The Hall–Kier alpha value is -0.650. The van der Waals surface area contributed by atoms with Crippen LogP contribution < -0.4 is 5.32 Å². The molecule has 5 heteroatoms. The second-order valence-electron chi connectivity index (χ2n) is 6.49. The Morgan fingerprint density at radius 1 is 1.29 bits per heavy atom. The molecule has 0 aromatic rings. The number of piperidine rings is 1. The lowest BCUT2D eigenvalue weighted by atomic mass is 9.91. The second kappa shape index (κ2) is 8.11. The van der Waals surface area contributed by atoms with Gasteiger partial charge in [-0.3, -0.25) is 4.79 Å². The molecular formula is C16H30N2O3. The van der Waals surface area contributed by atoms with E-state index in [9.17, 15) is 9.90 Å². The molecule has 2 N–H and O–H groups in total. The van der Waals surface area contributed by atoms with Crippen LogP contribution in [0.1, 0.15) is 51.4 Å². The zero-order valence-electron chi connectivity index (χ0n) is 13.3. The van der Waals surface area contributed by atoms with E-state index in [0.717, 1.165) is 25.8 Å². The summed E-state index contributed by atoms with van der Waals surface area (Å²) < 4.78 is 5.04. The fourth-order valence-corrected chi connectivity index (χ4v) is 3.44. The first kappa shape index (κ1) is 16.7. The van der Waals surface area contributed by atoms with Gasteiger partial charge in [-0.15, -0.1) is 0 Å². The van der Waals surface area contributed by atoms with Gasteiger partial charge in [-0.05, 0) is 25.7 Å². The quantitative estimate of drug-likeness (QED) is 0.726. The zero-order valence-corrected chi connectivity index (χ0v) is 13.3. The number of methoxy groups -OCH3 is 1. The highest BCUT2D eigenvalue weighted by Gasteiger charge is 2.42. The van der Waals surface area contributed by atoms with Crippen LogP contribution in [0.25, 0.3) is 0 Å². The molecule has 1 heterocycles. The van der Waals surface area contributed by atoms with E-state index >= 15 is 0 Å². The SMILES string of the molecule is COCCN1CCCC(O)(CNC2CCCCCC2)C1=O. The first-order chi connectivity index (χ1) is 10.2. The van der Waals surface area contributed by atoms with Crippen LogP contribution in [0.3, 0.4) is 0 Å². The number of carbonyl (C=O) groups is 1. The van der Waals surface area contributed by atoms with E-state index < -0.39 is 5.60 Å². The molecule has 0 aromatic carbocycles. The van der Waals surface area contributed by atoms with Gasteiger partial charge >= 0.3 is 0 Å². The number of nitrogens with zero attached hydrogens (tertiary/aromatic N) is 1. The molecule has 1 unspecified atom stereocenters. The van der Waals surface area contributed by atoms with Crippen LogP contribution in [-0.2, 0) is 9.53 Å². The number of hydrogen-bond donors (Lipinski definition) is 2. The lowest BCUT2D eigenvalue weighted by molar-refractivity contribution is -0.157. The maximum absolute atomic E-state index is 12.5. The summed E-state index contributed by atoms with van der Waals surface area (Å²) in [7, 11) is 1.63. The minimum absolute atomic E-state index is 0.132. The molecule has 1 atom stereocenters. The highest BCUT2D eigenvalue weighted by molar-refractivity contribution is 5.86. The van der Waals surface area contributed by atoms with Gasteiger partial charge in [0.1, 0.15) is 0 Å². The van der Waals surface area contributed by atoms with Crippen molar-refractivity contribution in [3.8, 4) is 0 Å². The van der Waals surface area contributed by atoms with Crippen LogP contribution in [-0.4, -0.2) is 60.9 Å². The highest BCUT2D eigenvalue weighted by atomic mass is 16.5. The fraction of sp³-hybridized carbons (Fsp3) is 0.938. The van der Waals surface area contributed by atoms with Crippen LogP contribution in [0.2, 0.25) is 0 Å². The summed E-state index contributed by atoms with van der Waals surface area (Å²) in [6.07, 6.45) is 8.88. The topological polar surface area (TPSA) is 61.8 Å². The molecule has 1 saturated heterocycles. The molecule has 2 aliphatic rings. The lowest BCUT2D eigenvalue weighted by Gasteiger charge is -2.39. The third-order valence-corrected chi connectivity index (χ3v) is 4.81. The van der Waals surface area contributed by atoms with Crippen LogP contribution in [0.4, 0.5) is 0 Å². The normalized spacial score (nSPS) is 28.7. The number of likely N-dealkylation sites (tertiary alicyclic amines) is 1. The molecule has 0 spiro atoms. The van der Waals surface area contributed by atoms with Crippen LogP contribution in [0, 0.1) is 0 Å². The summed E-state index contributed by atoms with van der Waals surface area (Å²) >= 11 is 0. The van der Waals surface area contributed by atoms with Gasteiger partial charge in [-0.2, -0.15) is 0 Å². The van der Waals surface area contributed by atoms with Crippen molar-refractivity contribution in [2.75, 3.05) is 33.4 Å². The number of amides is 1. The van der Waals surface area contributed by atoms with Crippen molar-refractivity contribution >= 4 is 5.91 Å². The summed E-state index contributed by atoms with van der Waals surface area (Å²) in [4.78, 5) is 14.2. The molecule has 2 rings (SSSR count). The fourth-order valence-electron chi connectivity index (χ4n) is 3.44. The Bertz CT molecular complexity index is 329. The van der Waals surface area contributed by atoms with E-state index in [4.69, 9.17) is 4.74 Å². The van der Waals surface area contributed by atoms with Crippen LogP contribution >= 0.6 is 0 Å². The standard InChI is InChI=1S/C16H30N2O3/c1-21-12-11-18-10-6-9-16(20,15(18)19)13-17-14-7-4-2-3-5-8-14/h14,17,20H,2-13H2,1H3. The second-order valence-corrected chi connectivity index (χ2v) is 6.49. The number of nitrogens with one attached hydrogen (secondary N) is 1. The maximum atomic E-state index is 12.5. The van der Waals surface area contributed by atoms with Gasteiger partial charge in [0.25, 0.3) is 5.91 Å². The molecule has 0 radical (unpaired) electrons. The van der Waals surface area contributed by atoms with Crippen molar-refractivity contribution in [1.82, 2.24) is 10.2 Å². The average molecular weight is 298 g/mol. The van der Waals surface area contributed by atoms with Gasteiger partial charge in [0.2, 0.25) is 0 Å². The Balaban J connectivity index is 1.85. The van der Waals surface area contributed by atoms with Crippen molar-refractivity contribution < 1.29 is 14.6 Å². The van der Waals surface area contributed by atoms with E-state index in [-0.39, 0.29) is 5.91 Å². The van der Waals surface area contributed by atoms with E-state index in [1.807, 2.05) is 0 Å². The van der Waals surface area contributed by atoms with Crippen molar-refractivity contribution in [2.45, 2.75) is 63.0 Å². The predicted molar refractivity (Wildman–Crippen MR) is 82.1 cm³/mol. The average Bonchev–Trinajstić information content (AvgIpc) is 2.76. The van der Waals surface area contributed by atoms with E-state index in [2.05, 4.69) is 5.32 Å². The molecule has 2 fully saturated rings. The molecule has 1 amide bonds. The monoisotopic (exact) mass is 298 g/mol. The molecule has 5 nitrogen and oxygen atoms in total. The molecule has 0 aromatic heterocycles. The minimum Gasteiger partial charge on any atom is -0.383 e. The van der Waals surface area contributed by atoms with E-state index in [1.165, 1.54) is 25.7 Å². The van der Waals surface area contributed by atoms with Crippen molar-refractivity contribution in [2.24, 2.45) is 0 Å². The van der Waals surface area contributed by atoms with E-state index in [1.54, 1.807) is 12.0 Å². The lowest BCUT2D eigenvalue weighted by Crippen LogP contribution is -2.59. The van der Waals surface area contributed by atoms with E-state index in [0.29, 0.717) is 32.2 Å². The number of aliphatic hydroxyl groups is 1. The third kappa shape index (κ3) is 4.66. The first-order valence-corrected chi connectivity index (χ1v) is 8.40. The highest BCUT2D eigenvalue weighted by Crippen LogP contribution is 2.23. The Morgan fingerprint density at radius 3 is 2.67 bits per heavy atom. The maximum Gasteiger partial charge on any atom is 0.255 e. The molecular weight excluding hydrogens is 268 g/mol. The van der Waals surface area contributed by atoms with Gasteiger partial charge in [-0.25, -0.2) is 0 Å². The van der Waals surface area contributed by atoms with Crippen LogP contribution in [0.5, 0.6) is 0 Å². The van der Waals surface area contributed by atoms with Crippen LogP contribution in [0.15, 0.2) is 0 Å². The van der Waals surface area contributed by atoms with Gasteiger partial charge in [0.05, 0.1) is 6.61 Å². The number of carbonyl (C=O) groups excluding carboxylic acids is 1. The summed E-state index contributed by atoms with van der Waals surface area (Å²) in [6.45, 7) is 2.22. The minimum atomic E-state index is -1.22. The zero-order chi connectivity index (χ0) is 15.1. The molecule has 21 heavy (non-hydrogen) atoms. The Morgan fingerprint density at radius 2 is 2.00 bits per heavy atom. The predicted octanol–water partition coefficient (Wildman–Crippen LogP) is 1.30. The Kier molecular flexibility index (Phi) is 6.45. The molecule has 1 aliphatic carbocycles. The summed E-state index contributed by atoms with van der Waals surface area (Å²) in [5, 5.41) is 14.2. The van der Waals surface area contributed by atoms with Crippen molar-refractivity contribution in [1.29, 1.82) is 0 Å². The van der Waals surface area contributed by atoms with Crippen molar-refractivity contribution in [3.05, 3.63) is 0 Å². The molecule has 0 bridgehead atoms. The van der Waals surface area contributed by atoms with Gasteiger partial charge < -0.3 is 20.1 Å². The van der Waals surface area contributed by atoms with Gasteiger partial charge in [0.15, 0.2) is 5.60 Å². The molecule has 122 valence electrons. The van der Waals surface area contributed by atoms with Gasteiger partial charge in [-0.1, -0.05) is 25.7 Å². The first-order valence-electron chi connectivity index (χ1n) is 8.40. The smallest absolute Gasteiger partial charge is 0.255 e. The Labute approximate surface area is 128 Å².